The summed E-state index contributed by atoms with van der Waals surface area (Å²) in [7, 11) is 0. The molecule has 3 aliphatic rings. The standard InChI is InChI=1S/C24H30O3/c25-22(18-19-12-6-4-7-13-19)23(20-14-8-5-9-15-20)24(26)27-21-16-10-2-1-3-11-17-21/h4-6,8-10,12,14,16,20-21,23H,1-3,7,11,13,15,17-18H2. The lowest BCUT2D eigenvalue weighted by atomic mass is 9.81. The first kappa shape index (κ1) is 19.6. The van der Waals surface area contributed by atoms with Crippen molar-refractivity contribution in [2.24, 2.45) is 11.8 Å². The van der Waals surface area contributed by atoms with Gasteiger partial charge in [-0.25, -0.2) is 0 Å². The third-order valence-corrected chi connectivity index (χ3v) is 5.52. The van der Waals surface area contributed by atoms with E-state index in [-0.39, 0.29) is 23.8 Å². The summed E-state index contributed by atoms with van der Waals surface area (Å²) in [6.45, 7) is 0. The molecule has 0 spiro atoms. The molecule has 27 heavy (non-hydrogen) atoms. The first-order valence-corrected chi connectivity index (χ1v) is 10.3. The second-order valence-corrected chi connectivity index (χ2v) is 7.67. The summed E-state index contributed by atoms with van der Waals surface area (Å²) in [5.74, 6) is -1.18. The Bertz CT molecular complexity index is 678. The van der Waals surface area contributed by atoms with E-state index >= 15 is 0 Å². The SMILES string of the molecule is O=C(CC1=CC=CCC1)C(C(=O)OC1C=CCCCCC1)C1C=CC=CC1. The monoisotopic (exact) mass is 366 g/mol. The molecule has 0 radical (unpaired) electrons. The van der Waals surface area contributed by atoms with E-state index in [1.807, 2.05) is 42.5 Å². The van der Waals surface area contributed by atoms with Crippen molar-refractivity contribution in [2.75, 3.05) is 0 Å². The van der Waals surface area contributed by atoms with E-state index in [1.165, 1.54) is 12.8 Å². The molecule has 0 aromatic carbocycles. The molecule has 0 saturated heterocycles. The van der Waals surface area contributed by atoms with E-state index in [0.717, 1.165) is 37.7 Å². The van der Waals surface area contributed by atoms with Crippen LogP contribution in [0.4, 0.5) is 0 Å². The second-order valence-electron chi connectivity index (χ2n) is 7.67. The first-order chi connectivity index (χ1) is 13.2. The van der Waals surface area contributed by atoms with Crippen molar-refractivity contribution in [3.05, 3.63) is 60.3 Å². The van der Waals surface area contributed by atoms with Gasteiger partial charge < -0.3 is 4.74 Å². The van der Waals surface area contributed by atoms with E-state index in [9.17, 15) is 9.59 Å². The van der Waals surface area contributed by atoms with E-state index in [4.69, 9.17) is 4.74 Å². The van der Waals surface area contributed by atoms with E-state index in [0.29, 0.717) is 12.8 Å². The molecule has 0 amide bonds. The molecular weight excluding hydrogens is 336 g/mol. The summed E-state index contributed by atoms with van der Waals surface area (Å²) >= 11 is 0. The van der Waals surface area contributed by atoms with Crippen molar-refractivity contribution in [3.8, 4) is 0 Å². The van der Waals surface area contributed by atoms with Crippen molar-refractivity contribution >= 4 is 11.8 Å². The number of esters is 1. The first-order valence-electron chi connectivity index (χ1n) is 10.3. The fourth-order valence-electron chi connectivity index (χ4n) is 3.97. The van der Waals surface area contributed by atoms with Gasteiger partial charge >= 0.3 is 5.97 Å². The van der Waals surface area contributed by atoms with Crippen LogP contribution in [0.1, 0.15) is 57.8 Å². The predicted octanol–water partition coefficient (Wildman–Crippen LogP) is 5.40. The normalized spacial score (nSPS) is 26.0. The zero-order valence-electron chi connectivity index (χ0n) is 16.0. The maximum atomic E-state index is 13.1. The Hall–Kier alpha value is -2.16. The molecule has 3 rings (SSSR count). The Balaban J connectivity index is 1.71. The van der Waals surface area contributed by atoms with Gasteiger partial charge in [-0.2, -0.15) is 0 Å². The molecule has 0 bridgehead atoms. The third kappa shape index (κ3) is 5.92. The molecule has 3 nitrogen and oxygen atoms in total. The molecule has 3 unspecified atom stereocenters. The lowest BCUT2D eigenvalue weighted by molar-refractivity contribution is -0.156. The third-order valence-electron chi connectivity index (χ3n) is 5.52. The number of carbonyl (C=O) groups is 2. The molecule has 0 N–H and O–H groups in total. The van der Waals surface area contributed by atoms with Crippen LogP contribution in [0.15, 0.2) is 60.3 Å². The quantitative estimate of drug-likeness (QED) is 0.359. The van der Waals surface area contributed by atoms with Crippen molar-refractivity contribution < 1.29 is 14.3 Å². The van der Waals surface area contributed by atoms with Gasteiger partial charge in [0.25, 0.3) is 0 Å². The number of Topliss-reactive ketones (excluding diaryl/α,β-unsaturated/α-hetero) is 1. The number of ether oxygens (including phenoxy) is 1. The van der Waals surface area contributed by atoms with Gasteiger partial charge in [-0.3, -0.25) is 9.59 Å². The van der Waals surface area contributed by atoms with Crippen LogP contribution >= 0.6 is 0 Å². The fourth-order valence-corrected chi connectivity index (χ4v) is 3.97. The van der Waals surface area contributed by atoms with Gasteiger partial charge in [0.05, 0.1) is 0 Å². The van der Waals surface area contributed by atoms with Crippen LogP contribution in [-0.2, 0) is 14.3 Å². The maximum absolute atomic E-state index is 13.1. The summed E-state index contributed by atoms with van der Waals surface area (Å²) in [6, 6.07) is 0. The highest BCUT2D eigenvalue weighted by molar-refractivity contribution is 6.00. The molecule has 0 heterocycles. The molecule has 3 aliphatic carbocycles. The fraction of sp³-hybridized carbons (Fsp3) is 0.500. The van der Waals surface area contributed by atoms with Gasteiger partial charge in [-0.15, -0.1) is 0 Å². The Morgan fingerprint density at radius 3 is 2.70 bits per heavy atom. The average molecular weight is 367 g/mol. The maximum Gasteiger partial charge on any atom is 0.317 e. The number of carbonyl (C=O) groups excluding carboxylic acids is 2. The summed E-state index contributed by atoms with van der Waals surface area (Å²) in [6.07, 6.45) is 26.2. The molecule has 3 atom stereocenters. The molecule has 0 aromatic rings. The lowest BCUT2D eigenvalue weighted by Gasteiger charge is -2.25. The molecule has 0 aliphatic heterocycles. The molecule has 144 valence electrons. The summed E-state index contributed by atoms with van der Waals surface area (Å²) in [5.41, 5.74) is 1.11. The molecule has 0 fully saturated rings. The van der Waals surface area contributed by atoms with Gasteiger partial charge in [0.15, 0.2) is 5.78 Å². The smallest absolute Gasteiger partial charge is 0.317 e. The van der Waals surface area contributed by atoms with Crippen LogP contribution in [0, 0.1) is 11.8 Å². The highest BCUT2D eigenvalue weighted by Gasteiger charge is 2.35. The minimum Gasteiger partial charge on any atom is -0.458 e. The number of hydrogen-bond acceptors (Lipinski definition) is 3. The van der Waals surface area contributed by atoms with Crippen molar-refractivity contribution in [1.29, 1.82) is 0 Å². The van der Waals surface area contributed by atoms with Crippen LogP contribution in [0.2, 0.25) is 0 Å². The van der Waals surface area contributed by atoms with E-state index in [1.54, 1.807) is 0 Å². The topological polar surface area (TPSA) is 43.4 Å². The highest BCUT2D eigenvalue weighted by Crippen LogP contribution is 2.28. The van der Waals surface area contributed by atoms with Crippen molar-refractivity contribution in [3.63, 3.8) is 0 Å². The minimum absolute atomic E-state index is 0.0127. The van der Waals surface area contributed by atoms with Crippen LogP contribution in [0.3, 0.4) is 0 Å². The van der Waals surface area contributed by atoms with Gasteiger partial charge in [-0.1, -0.05) is 60.6 Å². The van der Waals surface area contributed by atoms with E-state index < -0.39 is 5.92 Å². The summed E-state index contributed by atoms with van der Waals surface area (Å²) in [5, 5.41) is 0. The molecule has 0 saturated carbocycles. The predicted molar refractivity (Wildman–Crippen MR) is 108 cm³/mol. The van der Waals surface area contributed by atoms with Gasteiger partial charge in [0.1, 0.15) is 12.0 Å². The second kappa shape index (κ2) is 10.2. The lowest BCUT2D eigenvalue weighted by Crippen LogP contribution is -2.35. The van der Waals surface area contributed by atoms with Crippen LogP contribution in [-0.4, -0.2) is 17.9 Å². The zero-order valence-corrected chi connectivity index (χ0v) is 16.0. The largest absolute Gasteiger partial charge is 0.458 e. The summed E-state index contributed by atoms with van der Waals surface area (Å²) in [4.78, 5) is 26.1. The molecule has 0 aromatic heterocycles. The Labute approximate surface area is 162 Å². The van der Waals surface area contributed by atoms with Crippen molar-refractivity contribution in [1.82, 2.24) is 0 Å². The van der Waals surface area contributed by atoms with Gasteiger partial charge in [0.2, 0.25) is 0 Å². The number of hydrogen-bond donors (Lipinski definition) is 0. The Kier molecular flexibility index (Phi) is 7.44. The Morgan fingerprint density at radius 2 is 1.93 bits per heavy atom. The highest BCUT2D eigenvalue weighted by atomic mass is 16.5. The number of allylic oxidation sites excluding steroid dienone is 9. The van der Waals surface area contributed by atoms with E-state index in [2.05, 4.69) is 12.2 Å². The van der Waals surface area contributed by atoms with Crippen LogP contribution < -0.4 is 0 Å². The summed E-state index contributed by atoms with van der Waals surface area (Å²) < 4.78 is 5.81. The number of rotatable bonds is 6. The van der Waals surface area contributed by atoms with Gasteiger partial charge in [0, 0.05) is 12.3 Å². The van der Waals surface area contributed by atoms with Crippen molar-refractivity contribution in [2.45, 2.75) is 63.9 Å². The Morgan fingerprint density at radius 1 is 1.00 bits per heavy atom. The average Bonchev–Trinajstić information content (AvgIpc) is 2.66. The number of ketones is 1. The van der Waals surface area contributed by atoms with Gasteiger partial charge in [-0.05, 0) is 51.0 Å². The molecular formula is C24H30O3. The van der Waals surface area contributed by atoms with Crippen LogP contribution in [0.5, 0.6) is 0 Å². The zero-order chi connectivity index (χ0) is 18.9. The van der Waals surface area contributed by atoms with Crippen LogP contribution in [0.25, 0.3) is 0 Å². The minimum atomic E-state index is -0.711. The molecule has 3 heteroatoms.